The van der Waals surface area contributed by atoms with Gasteiger partial charge in [0.15, 0.2) is 23.0 Å². The highest BCUT2D eigenvalue weighted by Crippen LogP contribution is 2.54. The second-order valence-corrected chi connectivity index (χ2v) is 7.61. The topological polar surface area (TPSA) is 64.6 Å². The largest absolute Gasteiger partial charge is 0.493 e. The van der Waals surface area contributed by atoms with E-state index in [4.69, 9.17) is 33.2 Å². The summed E-state index contributed by atoms with van der Waals surface area (Å²) < 4.78 is 39.8. The second-order valence-electron chi connectivity index (χ2n) is 7.61. The van der Waals surface area contributed by atoms with Gasteiger partial charge in [0.2, 0.25) is 25.1 Å². The Balaban J connectivity index is 1.49. The number of hydrogen-bond acceptors (Lipinski definition) is 7. The number of benzene rings is 2. The molecule has 0 spiro atoms. The average Bonchev–Trinajstić information content (AvgIpc) is 3.46. The number of rotatable bonds is 4. The van der Waals surface area contributed by atoms with E-state index in [9.17, 15) is 0 Å². The third kappa shape index (κ3) is 2.83. The van der Waals surface area contributed by atoms with Gasteiger partial charge in [-0.05, 0) is 47.2 Å². The molecule has 0 N–H and O–H groups in total. The first-order chi connectivity index (χ1) is 14.1. The Morgan fingerprint density at radius 1 is 0.690 bits per heavy atom. The first-order valence-corrected chi connectivity index (χ1v) is 9.71. The lowest BCUT2D eigenvalue weighted by atomic mass is 9.85. The van der Waals surface area contributed by atoms with Gasteiger partial charge in [-0.15, -0.1) is 0 Å². The summed E-state index contributed by atoms with van der Waals surface area (Å²) in [5.41, 5.74) is 2.03. The van der Waals surface area contributed by atoms with Crippen molar-refractivity contribution in [2.24, 2.45) is 11.8 Å². The molecule has 0 aromatic heterocycles. The van der Waals surface area contributed by atoms with Gasteiger partial charge < -0.3 is 33.2 Å². The normalized spacial score (nSPS) is 26.6. The fourth-order valence-electron chi connectivity index (χ4n) is 4.35. The van der Waals surface area contributed by atoms with E-state index >= 15 is 0 Å². The van der Waals surface area contributed by atoms with Crippen molar-refractivity contribution >= 4 is 0 Å². The summed E-state index contributed by atoms with van der Waals surface area (Å²) in [6.45, 7) is 4.81. The molecule has 2 aromatic carbocycles. The molecule has 4 atom stereocenters. The molecule has 0 bridgehead atoms. The van der Waals surface area contributed by atoms with Crippen molar-refractivity contribution < 1.29 is 33.2 Å². The van der Waals surface area contributed by atoms with Crippen LogP contribution in [0.1, 0.15) is 37.2 Å². The van der Waals surface area contributed by atoms with Crippen molar-refractivity contribution in [2.75, 3.05) is 27.8 Å². The predicted octanol–water partition coefficient (Wildman–Crippen LogP) is 4.25. The van der Waals surface area contributed by atoms with Crippen LogP contribution < -0.4 is 28.4 Å². The highest BCUT2D eigenvalue weighted by Gasteiger charge is 2.42. The molecule has 154 valence electrons. The van der Waals surface area contributed by atoms with E-state index in [1.54, 1.807) is 14.2 Å². The summed E-state index contributed by atoms with van der Waals surface area (Å²) >= 11 is 0. The van der Waals surface area contributed by atoms with Crippen LogP contribution in [0, 0.1) is 11.8 Å². The van der Waals surface area contributed by atoms with E-state index in [0.717, 1.165) is 11.1 Å². The van der Waals surface area contributed by atoms with E-state index in [0.29, 0.717) is 34.5 Å². The van der Waals surface area contributed by atoms with E-state index < -0.39 is 0 Å². The zero-order valence-electron chi connectivity index (χ0n) is 16.9. The number of methoxy groups -OCH3 is 2. The molecule has 7 nitrogen and oxygen atoms in total. The molecule has 3 aliphatic heterocycles. The molecule has 1 saturated heterocycles. The molecule has 0 saturated carbocycles. The van der Waals surface area contributed by atoms with Crippen LogP contribution in [-0.4, -0.2) is 27.8 Å². The van der Waals surface area contributed by atoms with Gasteiger partial charge >= 0.3 is 0 Å². The van der Waals surface area contributed by atoms with Gasteiger partial charge in [-0.3, -0.25) is 0 Å². The third-order valence-electron chi connectivity index (χ3n) is 6.10. The maximum atomic E-state index is 6.57. The molecule has 29 heavy (non-hydrogen) atoms. The zero-order valence-corrected chi connectivity index (χ0v) is 16.9. The quantitative estimate of drug-likeness (QED) is 0.760. The lowest BCUT2D eigenvalue weighted by Gasteiger charge is -2.18. The van der Waals surface area contributed by atoms with Crippen molar-refractivity contribution in [3.63, 3.8) is 0 Å². The monoisotopic (exact) mass is 400 g/mol. The molecule has 3 heterocycles. The molecule has 0 radical (unpaired) electrons. The number of hydrogen-bond donors (Lipinski definition) is 0. The third-order valence-corrected chi connectivity index (χ3v) is 6.10. The Bertz CT molecular complexity index is 866. The van der Waals surface area contributed by atoms with Gasteiger partial charge in [-0.25, -0.2) is 0 Å². The summed E-state index contributed by atoms with van der Waals surface area (Å²) in [5, 5.41) is 0. The maximum absolute atomic E-state index is 6.57. The lowest BCUT2D eigenvalue weighted by Crippen LogP contribution is -2.10. The summed E-state index contributed by atoms with van der Waals surface area (Å²) in [5.74, 6) is 4.55. The van der Waals surface area contributed by atoms with E-state index in [1.807, 2.05) is 24.3 Å². The van der Waals surface area contributed by atoms with Crippen molar-refractivity contribution in [2.45, 2.75) is 26.1 Å². The van der Waals surface area contributed by atoms with Crippen LogP contribution in [0.25, 0.3) is 0 Å². The minimum absolute atomic E-state index is 0.102. The van der Waals surface area contributed by atoms with E-state index in [2.05, 4.69) is 13.8 Å². The Morgan fingerprint density at radius 3 is 1.55 bits per heavy atom. The molecule has 0 unspecified atom stereocenters. The van der Waals surface area contributed by atoms with E-state index in [-0.39, 0.29) is 37.6 Å². The van der Waals surface area contributed by atoms with Crippen molar-refractivity contribution in [1.82, 2.24) is 0 Å². The minimum atomic E-state index is -0.102. The molecule has 7 heteroatoms. The Kier molecular flexibility index (Phi) is 4.35. The second kappa shape index (κ2) is 6.91. The highest BCUT2D eigenvalue weighted by molar-refractivity contribution is 5.57. The molecule has 1 fully saturated rings. The maximum Gasteiger partial charge on any atom is 0.231 e. The van der Waals surface area contributed by atoms with Gasteiger partial charge in [0, 0.05) is 0 Å². The summed E-state index contributed by atoms with van der Waals surface area (Å²) in [4.78, 5) is 0. The first-order valence-electron chi connectivity index (χ1n) is 9.71. The molecule has 5 rings (SSSR count). The number of ether oxygens (including phenoxy) is 7. The SMILES string of the molecule is COc1cc([C@H]2O[C@@H](c3cc(OC)c4c(c3)OCO4)[C@H](C)[C@H]2C)cc2c1OCO2. The highest BCUT2D eigenvalue weighted by atomic mass is 16.7. The molecular formula is C22H24O7. The smallest absolute Gasteiger partial charge is 0.231 e. The lowest BCUT2D eigenvalue weighted by molar-refractivity contribution is 0.0286. The molecule has 0 aliphatic carbocycles. The number of fused-ring (bicyclic) bond motifs is 2. The van der Waals surface area contributed by atoms with Gasteiger partial charge in [-0.1, -0.05) is 13.8 Å². The van der Waals surface area contributed by atoms with Gasteiger partial charge in [0.25, 0.3) is 0 Å². The Labute approximate surface area is 169 Å². The zero-order chi connectivity index (χ0) is 20.1. The average molecular weight is 400 g/mol. The van der Waals surface area contributed by atoms with Crippen LogP contribution in [0.4, 0.5) is 0 Å². The van der Waals surface area contributed by atoms with Crippen LogP contribution in [-0.2, 0) is 4.74 Å². The van der Waals surface area contributed by atoms with Crippen LogP contribution in [0.3, 0.4) is 0 Å². The van der Waals surface area contributed by atoms with E-state index in [1.165, 1.54) is 0 Å². The van der Waals surface area contributed by atoms with Gasteiger partial charge in [0.05, 0.1) is 26.4 Å². The molecule has 0 amide bonds. The summed E-state index contributed by atoms with van der Waals surface area (Å²) in [7, 11) is 3.26. The van der Waals surface area contributed by atoms with Crippen LogP contribution in [0.5, 0.6) is 34.5 Å². The Hall–Kier alpha value is -2.80. The molecule has 2 aromatic rings. The predicted molar refractivity (Wildman–Crippen MR) is 103 cm³/mol. The Morgan fingerprint density at radius 2 is 1.14 bits per heavy atom. The molecular weight excluding hydrogens is 376 g/mol. The van der Waals surface area contributed by atoms with Gasteiger partial charge in [0.1, 0.15) is 0 Å². The van der Waals surface area contributed by atoms with Crippen LogP contribution in [0.15, 0.2) is 24.3 Å². The summed E-state index contributed by atoms with van der Waals surface area (Å²) in [6.07, 6.45) is -0.204. The fraction of sp³-hybridized carbons (Fsp3) is 0.455. The minimum Gasteiger partial charge on any atom is -0.493 e. The van der Waals surface area contributed by atoms with Crippen molar-refractivity contribution in [3.8, 4) is 34.5 Å². The van der Waals surface area contributed by atoms with Crippen LogP contribution >= 0.6 is 0 Å². The van der Waals surface area contributed by atoms with Crippen LogP contribution in [0.2, 0.25) is 0 Å². The van der Waals surface area contributed by atoms with Gasteiger partial charge in [-0.2, -0.15) is 0 Å². The summed E-state index contributed by atoms with van der Waals surface area (Å²) in [6, 6.07) is 7.93. The fourth-order valence-corrected chi connectivity index (χ4v) is 4.35. The first kappa shape index (κ1) is 18.2. The van der Waals surface area contributed by atoms with Crippen molar-refractivity contribution in [1.29, 1.82) is 0 Å². The molecule has 3 aliphatic rings. The standard InChI is InChI=1S/C22H24O7/c1-11-12(2)20(14-6-16(24-4)22-18(8-14)26-10-28-22)29-19(11)13-5-15(23-3)21-17(7-13)25-9-27-21/h5-8,11-12,19-20H,9-10H2,1-4H3/t11-,12-,19-,20+/m1/s1. The van der Waals surface area contributed by atoms with Crippen molar-refractivity contribution in [3.05, 3.63) is 35.4 Å².